The van der Waals surface area contributed by atoms with E-state index < -0.39 is 10.0 Å². The largest absolute Gasteiger partial charge is 0.335 e. The van der Waals surface area contributed by atoms with E-state index in [-0.39, 0.29) is 16.8 Å². The summed E-state index contributed by atoms with van der Waals surface area (Å²) in [4.78, 5) is 23.6. The predicted octanol–water partition coefficient (Wildman–Crippen LogP) is 2.73. The van der Waals surface area contributed by atoms with Crippen LogP contribution in [0.15, 0.2) is 47.4 Å². The number of carbonyl (C=O) groups is 1. The van der Waals surface area contributed by atoms with Crippen LogP contribution in [0.2, 0.25) is 0 Å². The van der Waals surface area contributed by atoms with E-state index in [0.717, 1.165) is 22.5 Å². The minimum Gasteiger partial charge on any atom is -0.335 e. The normalized spacial score (nSPS) is 12.8. The van der Waals surface area contributed by atoms with Gasteiger partial charge in [-0.15, -0.1) is 0 Å². The Kier molecular flexibility index (Phi) is 5.18. The molecule has 28 heavy (non-hydrogen) atoms. The van der Waals surface area contributed by atoms with Crippen LogP contribution in [-0.2, 0) is 10.0 Å². The van der Waals surface area contributed by atoms with Gasteiger partial charge in [0.2, 0.25) is 10.0 Å². The highest BCUT2D eigenvalue weighted by molar-refractivity contribution is 7.89. The number of benzene rings is 2. The lowest BCUT2D eigenvalue weighted by Gasteiger charge is -2.25. The Morgan fingerprint density at radius 2 is 1.57 bits per heavy atom. The molecular formula is C20H22N4O3S. The van der Waals surface area contributed by atoms with E-state index in [9.17, 15) is 13.2 Å². The number of nitrogens with zero attached hydrogens (tertiary/aromatic N) is 3. The second-order valence-electron chi connectivity index (χ2n) is 6.80. The molecule has 0 radical (unpaired) electrons. The fourth-order valence-electron chi connectivity index (χ4n) is 2.90. The minimum absolute atomic E-state index is 0.0381. The molecule has 0 spiro atoms. The van der Waals surface area contributed by atoms with E-state index in [0.29, 0.717) is 11.1 Å². The molecule has 1 atom stereocenters. The molecule has 1 amide bonds. The molecule has 0 unspecified atom stereocenters. The maximum atomic E-state index is 12.9. The smallest absolute Gasteiger partial charge is 0.254 e. The van der Waals surface area contributed by atoms with Gasteiger partial charge in [0.15, 0.2) is 0 Å². The van der Waals surface area contributed by atoms with E-state index in [1.165, 1.54) is 12.1 Å². The van der Waals surface area contributed by atoms with E-state index in [1.54, 1.807) is 42.3 Å². The Balaban J connectivity index is 1.87. The van der Waals surface area contributed by atoms with Gasteiger partial charge in [0.1, 0.15) is 0 Å². The summed E-state index contributed by atoms with van der Waals surface area (Å²) >= 11 is 0. The van der Waals surface area contributed by atoms with Gasteiger partial charge in [-0.05, 0) is 56.7 Å². The Morgan fingerprint density at radius 3 is 2.14 bits per heavy atom. The molecule has 3 aromatic rings. The highest BCUT2D eigenvalue weighted by atomic mass is 32.2. The maximum absolute atomic E-state index is 12.9. The van der Waals surface area contributed by atoms with Gasteiger partial charge in [-0.1, -0.05) is 12.1 Å². The van der Waals surface area contributed by atoms with Crippen LogP contribution in [0.3, 0.4) is 0 Å². The number of sulfonamides is 1. The zero-order chi connectivity index (χ0) is 20.6. The summed E-state index contributed by atoms with van der Waals surface area (Å²) in [5.41, 5.74) is 4.42. The van der Waals surface area contributed by atoms with Crippen LogP contribution in [0.25, 0.3) is 11.0 Å². The third kappa shape index (κ3) is 3.88. The van der Waals surface area contributed by atoms with Gasteiger partial charge in [0.05, 0.1) is 33.4 Å². The first-order valence-electron chi connectivity index (χ1n) is 8.73. The van der Waals surface area contributed by atoms with Crippen molar-refractivity contribution < 1.29 is 13.2 Å². The van der Waals surface area contributed by atoms with Gasteiger partial charge < -0.3 is 4.90 Å². The first-order chi connectivity index (χ1) is 13.1. The molecule has 0 fully saturated rings. The van der Waals surface area contributed by atoms with Crippen molar-refractivity contribution in [1.29, 1.82) is 0 Å². The van der Waals surface area contributed by atoms with Crippen LogP contribution in [-0.4, -0.2) is 36.2 Å². The summed E-state index contributed by atoms with van der Waals surface area (Å²) in [5, 5.41) is 5.13. The molecule has 1 heterocycles. The van der Waals surface area contributed by atoms with Crippen molar-refractivity contribution >= 4 is 27.0 Å². The molecule has 0 aliphatic heterocycles. The quantitative estimate of drug-likeness (QED) is 0.727. The Hall–Kier alpha value is -2.84. The van der Waals surface area contributed by atoms with Crippen LogP contribution >= 0.6 is 0 Å². The second kappa shape index (κ2) is 7.29. The number of carbonyl (C=O) groups excluding carboxylic acids is 1. The van der Waals surface area contributed by atoms with Crippen LogP contribution in [0.5, 0.6) is 0 Å². The zero-order valence-corrected chi connectivity index (χ0v) is 17.0. The number of amides is 1. The summed E-state index contributed by atoms with van der Waals surface area (Å²) in [5.74, 6) is -0.162. The SMILES string of the molecule is Cc1nc2ccc(C(=O)N(C)[C@@H](C)c3ccc(S(N)(=O)=O)cc3)cc2nc1C. The van der Waals surface area contributed by atoms with Gasteiger partial charge in [-0.2, -0.15) is 0 Å². The molecule has 2 N–H and O–H groups in total. The summed E-state index contributed by atoms with van der Waals surface area (Å²) in [6, 6.07) is 11.2. The maximum Gasteiger partial charge on any atom is 0.254 e. The zero-order valence-electron chi connectivity index (χ0n) is 16.2. The van der Waals surface area contributed by atoms with Gasteiger partial charge in [-0.25, -0.2) is 23.5 Å². The Labute approximate surface area is 164 Å². The van der Waals surface area contributed by atoms with Crippen LogP contribution in [0.1, 0.15) is 40.3 Å². The van der Waals surface area contributed by atoms with E-state index in [4.69, 9.17) is 5.14 Å². The summed E-state index contributed by atoms with van der Waals surface area (Å²) in [6.07, 6.45) is 0. The lowest BCUT2D eigenvalue weighted by atomic mass is 10.1. The summed E-state index contributed by atoms with van der Waals surface area (Å²) < 4.78 is 22.8. The van der Waals surface area contributed by atoms with Crippen molar-refractivity contribution in [1.82, 2.24) is 14.9 Å². The van der Waals surface area contributed by atoms with Crippen molar-refractivity contribution in [3.63, 3.8) is 0 Å². The topological polar surface area (TPSA) is 106 Å². The average Bonchev–Trinajstić information content (AvgIpc) is 2.66. The van der Waals surface area contributed by atoms with E-state index >= 15 is 0 Å². The van der Waals surface area contributed by atoms with Crippen molar-refractivity contribution in [2.75, 3.05) is 7.05 Å². The summed E-state index contributed by atoms with van der Waals surface area (Å²) in [6.45, 7) is 5.66. The third-order valence-corrected chi connectivity index (χ3v) is 5.84. The monoisotopic (exact) mass is 398 g/mol. The third-order valence-electron chi connectivity index (χ3n) is 4.91. The molecule has 2 aromatic carbocycles. The van der Waals surface area contributed by atoms with Gasteiger partial charge in [0, 0.05) is 12.6 Å². The molecule has 146 valence electrons. The van der Waals surface area contributed by atoms with Crippen molar-refractivity contribution in [3.8, 4) is 0 Å². The van der Waals surface area contributed by atoms with Crippen LogP contribution in [0, 0.1) is 13.8 Å². The number of rotatable bonds is 4. The number of hydrogen-bond donors (Lipinski definition) is 1. The van der Waals surface area contributed by atoms with E-state index in [1.807, 2.05) is 20.8 Å². The number of aromatic nitrogens is 2. The highest BCUT2D eigenvalue weighted by Crippen LogP contribution is 2.23. The lowest BCUT2D eigenvalue weighted by molar-refractivity contribution is 0.0742. The van der Waals surface area contributed by atoms with Crippen molar-refractivity contribution in [2.45, 2.75) is 31.7 Å². The number of nitrogens with two attached hydrogens (primary N) is 1. The van der Waals surface area contributed by atoms with Crippen LogP contribution < -0.4 is 5.14 Å². The number of primary sulfonamides is 1. The molecule has 0 aliphatic rings. The molecule has 0 bridgehead atoms. The van der Waals surface area contributed by atoms with Crippen LogP contribution in [0.4, 0.5) is 0 Å². The molecule has 3 rings (SSSR count). The molecule has 0 saturated carbocycles. The summed E-state index contributed by atoms with van der Waals surface area (Å²) in [7, 11) is -2.04. The molecule has 8 heteroatoms. The molecule has 0 aliphatic carbocycles. The van der Waals surface area contributed by atoms with Gasteiger partial charge in [-0.3, -0.25) is 4.79 Å². The fraction of sp³-hybridized carbons (Fsp3) is 0.250. The fourth-order valence-corrected chi connectivity index (χ4v) is 3.42. The second-order valence-corrected chi connectivity index (χ2v) is 8.37. The first-order valence-corrected chi connectivity index (χ1v) is 10.3. The first kappa shape index (κ1) is 19.9. The lowest BCUT2D eigenvalue weighted by Crippen LogP contribution is -2.29. The minimum atomic E-state index is -3.75. The molecule has 1 aromatic heterocycles. The average molecular weight is 398 g/mol. The molecule has 7 nitrogen and oxygen atoms in total. The van der Waals surface area contributed by atoms with Gasteiger partial charge in [0.25, 0.3) is 5.91 Å². The number of fused-ring (bicyclic) bond motifs is 1. The van der Waals surface area contributed by atoms with Crippen molar-refractivity contribution in [2.24, 2.45) is 5.14 Å². The highest BCUT2D eigenvalue weighted by Gasteiger charge is 2.20. The van der Waals surface area contributed by atoms with Crippen molar-refractivity contribution in [3.05, 3.63) is 65.0 Å². The number of aryl methyl sites for hydroxylation is 2. The standard InChI is InChI=1S/C20H22N4O3S/c1-12-13(2)23-19-11-16(7-10-18(19)22-12)20(25)24(4)14(3)15-5-8-17(9-6-15)28(21,26)27/h5-11,14H,1-4H3,(H2,21,26,27)/t14-/m0/s1. The van der Waals surface area contributed by atoms with Gasteiger partial charge >= 0.3 is 0 Å². The van der Waals surface area contributed by atoms with E-state index in [2.05, 4.69) is 9.97 Å². The number of hydrogen-bond acceptors (Lipinski definition) is 5. The Morgan fingerprint density at radius 1 is 1.00 bits per heavy atom. The Bertz CT molecular complexity index is 1160. The molecule has 0 saturated heterocycles. The predicted molar refractivity (Wildman–Crippen MR) is 107 cm³/mol. The molecular weight excluding hydrogens is 376 g/mol.